The summed E-state index contributed by atoms with van der Waals surface area (Å²) in [6.07, 6.45) is 0.453. The summed E-state index contributed by atoms with van der Waals surface area (Å²) in [5.74, 6) is -0.521. The fourth-order valence-electron chi connectivity index (χ4n) is 1.82. The van der Waals surface area contributed by atoms with E-state index >= 15 is 0 Å². The van der Waals surface area contributed by atoms with Crippen LogP contribution in [0.5, 0.6) is 0 Å². The monoisotopic (exact) mass is 287 g/mol. The lowest BCUT2D eigenvalue weighted by Crippen LogP contribution is -2.41. The van der Waals surface area contributed by atoms with Gasteiger partial charge in [0.15, 0.2) is 0 Å². The Bertz CT molecular complexity index is 398. The third-order valence-electron chi connectivity index (χ3n) is 2.60. The maximum absolute atomic E-state index is 12.1. The molecule has 0 fully saturated rings. The van der Waals surface area contributed by atoms with Crippen LogP contribution in [0.25, 0.3) is 0 Å². The van der Waals surface area contributed by atoms with Crippen molar-refractivity contribution in [3.05, 3.63) is 11.6 Å². The topological polar surface area (TPSA) is 85.3 Å². The van der Waals surface area contributed by atoms with Crippen LogP contribution in [0.4, 0.5) is 4.79 Å². The first-order chi connectivity index (χ1) is 9.26. The lowest BCUT2D eigenvalue weighted by atomic mass is 10.1. The molecule has 1 heterocycles. The van der Waals surface area contributed by atoms with Crippen LogP contribution < -0.4 is 0 Å². The van der Waals surface area contributed by atoms with Crippen LogP contribution in [0.2, 0.25) is 0 Å². The average Bonchev–Trinajstić information content (AvgIpc) is 2.71. The molecule has 0 saturated carbocycles. The number of amides is 1. The van der Waals surface area contributed by atoms with Gasteiger partial charge in [0, 0.05) is 13.7 Å². The molecule has 114 valence electrons. The number of carbonyl (C=O) groups is 2. The molecule has 1 N–H and O–H groups in total. The highest BCUT2D eigenvalue weighted by molar-refractivity contribution is 5.92. The Morgan fingerprint density at radius 3 is 2.60 bits per heavy atom. The van der Waals surface area contributed by atoms with Crippen molar-refractivity contribution in [2.75, 3.05) is 27.1 Å². The molecule has 1 aliphatic rings. The lowest BCUT2D eigenvalue weighted by Gasteiger charge is -2.26. The molecule has 1 aliphatic heterocycles. The summed E-state index contributed by atoms with van der Waals surface area (Å²) >= 11 is 0. The van der Waals surface area contributed by atoms with Crippen molar-refractivity contribution in [1.82, 2.24) is 4.90 Å². The first-order valence-electron chi connectivity index (χ1n) is 6.26. The van der Waals surface area contributed by atoms with E-state index in [2.05, 4.69) is 0 Å². The lowest BCUT2D eigenvalue weighted by molar-refractivity contribution is -0.150. The van der Waals surface area contributed by atoms with Crippen LogP contribution >= 0.6 is 0 Å². The zero-order chi connectivity index (χ0) is 15.3. The van der Waals surface area contributed by atoms with Gasteiger partial charge in [-0.3, -0.25) is 4.90 Å². The molecule has 7 nitrogen and oxygen atoms in total. The Morgan fingerprint density at radius 2 is 2.10 bits per heavy atom. The molecular formula is C13H21NO6. The minimum Gasteiger partial charge on any atom is -0.465 e. The molecule has 1 amide bonds. The molecular weight excluding hydrogens is 266 g/mol. The molecule has 0 aromatic carbocycles. The Morgan fingerprint density at radius 1 is 1.45 bits per heavy atom. The summed E-state index contributed by atoms with van der Waals surface area (Å²) in [6.45, 7) is 5.49. The standard InChI is InChI=1S/C13H21NO6/c1-13(2,3)20-11(15)9-5-6-14(12(16)17)10(9)7-19-8-18-4/h5,10H,6-8H2,1-4H3,(H,16,17)/t10-/m0/s1. The van der Waals surface area contributed by atoms with Gasteiger partial charge in [0.2, 0.25) is 0 Å². The Kier molecular flexibility index (Phi) is 5.52. The van der Waals surface area contributed by atoms with Crippen LogP contribution in [0, 0.1) is 0 Å². The zero-order valence-electron chi connectivity index (χ0n) is 12.2. The fourth-order valence-corrected chi connectivity index (χ4v) is 1.82. The molecule has 0 aliphatic carbocycles. The predicted octanol–water partition coefficient (Wildman–Crippen LogP) is 1.24. The number of methoxy groups -OCH3 is 1. The van der Waals surface area contributed by atoms with Gasteiger partial charge in [-0.05, 0) is 20.8 Å². The van der Waals surface area contributed by atoms with E-state index in [1.165, 1.54) is 7.11 Å². The van der Waals surface area contributed by atoms with Gasteiger partial charge in [-0.15, -0.1) is 0 Å². The van der Waals surface area contributed by atoms with Gasteiger partial charge >= 0.3 is 12.1 Å². The maximum atomic E-state index is 12.1. The van der Waals surface area contributed by atoms with Gasteiger partial charge in [-0.25, -0.2) is 9.59 Å². The number of carboxylic acid groups (broad SMARTS) is 1. The van der Waals surface area contributed by atoms with Gasteiger partial charge < -0.3 is 19.3 Å². The molecule has 0 aromatic rings. The van der Waals surface area contributed by atoms with E-state index in [0.717, 1.165) is 4.90 Å². The largest absolute Gasteiger partial charge is 0.465 e. The Balaban J connectivity index is 2.77. The smallest absolute Gasteiger partial charge is 0.408 e. The highest BCUT2D eigenvalue weighted by Crippen LogP contribution is 2.22. The predicted molar refractivity (Wildman–Crippen MR) is 70.3 cm³/mol. The third-order valence-corrected chi connectivity index (χ3v) is 2.60. The second-order valence-electron chi connectivity index (χ2n) is 5.39. The quantitative estimate of drug-likeness (QED) is 0.465. The molecule has 0 aromatic heterocycles. The van der Waals surface area contributed by atoms with Crippen molar-refractivity contribution in [2.24, 2.45) is 0 Å². The number of hydrogen-bond acceptors (Lipinski definition) is 5. The summed E-state index contributed by atoms with van der Waals surface area (Å²) < 4.78 is 15.2. The minimum absolute atomic E-state index is 0.0333. The van der Waals surface area contributed by atoms with E-state index in [-0.39, 0.29) is 19.9 Å². The number of hydrogen-bond donors (Lipinski definition) is 1. The van der Waals surface area contributed by atoms with Crippen molar-refractivity contribution in [3.63, 3.8) is 0 Å². The maximum Gasteiger partial charge on any atom is 0.408 e. The van der Waals surface area contributed by atoms with Crippen molar-refractivity contribution >= 4 is 12.1 Å². The second-order valence-corrected chi connectivity index (χ2v) is 5.39. The summed E-state index contributed by atoms with van der Waals surface area (Å²) in [7, 11) is 1.47. The first kappa shape index (κ1) is 16.5. The van der Waals surface area contributed by atoms with E-state index in [4.69, 9.17) is 19.3 Å². The van der Waals surface area contributed by atoms with Gasteiger partial charge in [-0.2, -0.15) is 0 Å². The van der Waals surface area contributed by atoms with Crippen molar-refractivity contribution in [2.45, 2.75) is 32.4 Å². The molecule has 0 spiro atoms. The summed E-state index contributed by atoms with van der Waals surface area (Å²) in [6, 6.07) is -0.669. The number of nitrogens with zero attached hydrogens (tertiary/aromatic N) is 1. The van der Waals surface area contributed by atoms with E-state index in [9.17, 15) is 9.59 Å². The number of esters is 1. The van der Waals surface area contributed by atoms with Crippen molar-refractivity contribution in [3.8, 4) is 0 Å². The van der Waals surface area contributed by atoms with E-state index < -0.39 is 23.7 Å². The molecule has 0 radical (unpaired) electrons. The normalized spacial score (nSPS) is 18.9. The van der Waals surface area contributed by atoms with Gasteiger partial charge in [0.1, 0.15) is 12.4 Å². The number of carbonyl (C=O) groups excluding carboxylic acids is 1. The zero-order valence-corrected chi connectivity index (χ0v) is 12.2. The number of ether oxygens (including phenoxy) is 3. The van der Waals surface area contributed by atoms with Crippen molar-refractivity contribution < 1.29 is 28.9 Å². The fraction of sp³-hybridized carbons (Fsp3) is 0.692. The van der Waals surface area contributed by atoms with E-state index in [0.29, 0.717) is 5.57 Å². The van der Waals surface area contributed by atoms with Gasteiger partial charge in [-0.1, -0.05) is 6.08 Å². The molecule has 0 saturated heterocycles. The van der Waals surface area contributed by atoms with E-state index in [1.807, 2.05) is 0 Å². The van der Waals surface area contributed by atoms with Crippen LogP contribution in [-0.4, -0.2) is 60.8 Å². The molecule has 7 heteroatoms. The van der Waals surface area contributed by atoms with Crippen LogP contribution in [0.3, 0.4) is 0 Å². The van der Waals surface area contributed by atoms with Crippen molar-refractivity contribution in [1.29, 1.82) is 0 Å². The second kappa shape index (κ2) is 6.71. The molecule has 1 atom stereocenters. The van der Waals surface area contributed by atoms with Crippen LogP contribution in [0.1, 0.15) is 20.8 Å². The summed E-state index contributed by atoms with van der Waals surface area (Å²) in [4.78, 5) is 24.4. The van der Waals surface area contributed by atoms with Crippen LogP contribution in [0.15, 0.2) is 11.6 Å². The molecule has 0 bridgehead atoms. The van der Waals surface area contributed by atoms with Gasteiger partial charge in [0.05, 0.1) is 18.2 Å². The SMILES string of the molecule is COCOC[C@H]1C(C(=O)OC(C)(C)C)=CCN1C(=O)O. The van der Waals surface area contributed by atoms with E-state index in [1.54, 1.807) is 26.8 Å². The highest BCUT2D eigenvalue weighted by Gasteiger charge is 2.36. The third kappa shape index (κ3) is 4.50. The Labute approximate surface area is 118 Å². The Hall–Kier alpha value is -1.60. The molecule has 20 heavy (non-hydrogen) atoms. The minimum atomic E-state index is -1.11. The molecule has 1 rings (SSSR count). The number of rotatable bonds is 5. The van der Waals surface area contributed by atoms with Crippen LogP contribution in [-0.2, 0) is 19.0 Å². The molecule has 0 unspecified atom stereocenters. The average molecular weight is 287 g/mol. The van der Waals surface area contributed by atoms with Gasteiger partial charge in [0.25, 0.3) is 0 Å². The summed E-state index contributed by atoms with van der Waals surface area (Å²) in [5, 5.41) is 9.13. The highest BCUT2D eigenvalue weighted by atomic mass is 16.7. The first-order valence-corrected chi connectivity index (χ1v) is 6.26. The summed E-state index contributed by atoms with van der Waals surface area (Å²) in [5.41, 5.74) is -0.328.